The van der Waals surface area contributed by atoms with Gasteiger partial charge < -0.3 is 15.5 Å². The molecule has 0 bridgehead atoms. The number of amides is 1. The molecular weight excluding hydrogens is 340 g/mol. The highest BCUT2D eigenvalue weighted by atomic mass is 16.2. The molecule has 0 unspecified atom stereocenters. The fraction of sp³-hybridized carbons (Fsp3) is 0.500. The number of aromatic nitrogens is 3. The molecule has 1 aliphatic rings. The molecule has 0 aliphatic carbocycles. The molecule has 1 amide bonds. The van der Waals surface area contributed by atoms with E-state index in [9.17, 15) is 4.79 Å². The highest BCUT2D eigenvalue weighted by molar-refractivity contribution is 5.82. The standard InChI is InChI=1S/C20H28N6O/c1-20(2,3)16(21)19(27)26-11-9-13-15(12-26)23-17(24-18(13)25(4)5)14-8-6-7-10-22-14/h6-8,10,16H,9,11-12,21H2,1-5H3/t16-/m1/s1. The summed E-state index contributed by atoms with van der Waals surface area (Å²) < 4.78 is 0. The van der Waals surface area contributed by atoms with Crippen LogP contribution in [0.25, 0.3) is 11.5 Å². The number of fused-ring (bicyclic) bond motifs is 1. The third-order valence-corrected chi connectivity index (χ3v) is 4.87. The summed E-state index contributed by atoms with van der Waals surface area (Å²) in [6.07, 6.45) is 2.44. The van der Waals surface area contributed by atoms with Gasteiger partial charge in [0.25, 0.3) is 0 Å². The van der Waals surface area contributed by atoms with Crippen LogP contribution in [-0.4, -0.2) is 52.4 Å². The average Bonchev–Trinajstić information content (AvgIpc) is 2.65. The number of carbonyl (C=O) groups excluding carboxylic acids is 1. The van der Waals surface area contributed by atoms with Crippen LogP contribution in [0.15, 0.2) is 24.4 Å². The van der Waals surface area contributed by atoms with E-state index in [-0.39, 0.29) is 11.3 Å². The van der Waals surface area contributed by atoms with Gasteiger partial charge in [-0.1, -0.05) is 26.8 Å². The zero-order valence-corrected chi connectivity index (χ0v) is 16.7. The first-order valence-corrected chi connectivity index (χ1v) is 9.21. The van der Waals surface area contributed by atoms with Gasteiger partial charge >= 0.3 is 0 Å². The molecular formula is C20H28N6O. The van der Waals surface area contributed by atoms with Crippen LogP contribution in [0.2, 0.25) is 0 Å². The zero-order chi connectivity index (χ0) is 19.8. The largest absolute Gasteiger partial charge is 0.362 e. The van der Waals surface area contributed by atoms with E-state index in [4.69, 9.17) is 15.7 Å². The van der Waals surface area contributed by atoms with Gasteiger partial charge in [-0.3, -0.25) is 9.78 Å². The van der Waals surface area contributed by atoms with E-state index in [2.05, 4.69) is 4.98 Å². The van der Waals surface area contributed by atoms with E-state index in [1.54, 1.807) is 6.20 Å². The van der Waals surface area contributed by atoms with Gasteiger partial charge in [-0.2, -0.15) is 0 Å². The third kappa shape index (κ3) is 3.93. The topological polar surface area (TPSA) is 88.2 Å². The number of nitrogens with zero attached hydrogens (tertiary/aromatic N) is 5. The Kier molecular flexibility index (Phi) is 5.15. The molecule has 3 heterocycles. The fourth-order valence-electron chi connectivity index (χ4n) is 3.15. The molecule has 0 spiro atoms. The van der Waals surface area contributed by atoms with Crippen LogP contribution < -0.4 is 10.6 Å². The molecule has 0 saturated heterocycles. The van der Waals surface area contributed by atoms with E-state index in [1.165, 1.54) is 0 Å². The predicted molar refractivity (Wildman–Crippen MR) is 106 cm³/mol. The highest BCUT2D eigenvalue weighted by Gasteiger charge is 2.34. The second-order valence-corrected chi connectivity index (χ2v) is 8.26. The minimum Gasteiger partial charge on any atom is -0.362 e. The van der Waals surface area contributed by atoms with Gasteiger partial charge in [0.1, 0.15) is 11.5 Å². The van der Waals surface area contributed by atoms with E-state index in [0.717, 1.165) is 22.8 Å². The van der Waals surface area contributed by atoms with Crippen molar-refractivity contribution in [1.82, 2.24) is 19.9 Å². The van der Waals surface area contributed by atoms with Crippen molar-refractivity contribution in [3.63, 3.8) is 0 Å². The molecule has 0 aromatic carbocycles. The maximum Gasteiger partial charge on any atom is 0.240 e. The number of hydrogen-bond donors (Lipinski definition) is 1. The monoisotopic (exact) mass is 368 g/mol. The normalized spacial score (nSPS) is 15.3. The zero-order valence-electron chi connectivity index (χ0n) is 16.7. The van der Waals surface area contributed by atoms with Gasteiger partial charge in [-0.15, -0.1) is 0 Å². The fourth-order valence-corrected chi connectivity index (χ4v) is 3.15. The summed E-state index contributed by atoms with van der Waals surface area (Å²) in [5.41, 5.74) is 8.60. The van der Waals surface area contributed by atoms with Gasteiger partial charge in [-0.05, 0) is 24.0 Å². The summed E-state index contributed by atoms with van der Waals surface area (Å²) in [4.78, 5) is 30.5. The molecule has 144 valence electrons. The maximum absolute atomic E-state index is 12.9. The van der Waals surface area contributed by atoms with Gasteiger partial charge in [0, 0.05) is 32.4 Å². The summed E-state index contributed by atoms with van der Waals surface area (Å²) in [6, 6.07) is 5.13. The lowest BCUT2D eigenvalue weighted by Gasteiger charge is -2.35. The van der Waals surface area contributed by atoms with Gasteiger partial charge in [0.05, 0.1) is 18.3 Å². The van der Waals surface area contributed by atoms with E-state index >= 15 is 0 Å². The number of carbonyl (C=O) groups is 1. The summed E-state index contributed by atoms with van der Waals surface area (Å²) in [6.45, 7) is 7.03. The lowest BCUT2D eigenvalue weighted by molar-refractivity contribution is -0.136. The Bertz CT molecular complexity index is 828. The van der Waals surface area contributed by atoms with E-state index in [0.29, 0.717) is 25.3 Å². The van der Waals surface area contributed by atoms with Crippen molar-refractivity contribution in [3.05, 3.63) is 35.7 Å². The molecule has 1 atom stereocenters. The molecule has 2 aromatic heterocycles. The second-order valence-electron chi connectivity index (χ2n) is 8.26. The van der Waals surface area contributed by atoms with Crippen molar-refractivity contribution in [2.24, 2.45) is 11.1 Å². The number of hydrogen-bond acceptors (Lipinski definition) is 6. The molecule has 7 heteroatoms. The minimum absolute atomic E-state index is 0.0300. The minimum atomic E-state index is -0.538. The van der Waals surface area contributed by atoms with Crippen LogP contribution in [0.3, 0.4) is 0 Å². The number of nitrogens with two attached hydrogens (primary N) is 1. The summed E-state index contributed by atoms with van der Waals surface area (Å²) in [5.74, 6) is 1.43. The Hall–Kier alpha value is -2.54. The van der Waals surface area contributed by atoms with Gasteiger partial charge in [0.15, 0.2) is 5.82 Å². The number of anilines is 1. The van der Waals surface area contributed by atoms with Crippen LogP contribution in [0.5, 0.6) is 0 Å². The molecule has 0 radical (unpaired) electrons. The van der Waals surface area contributed by atoms with Crippen molar-refractivity contribution in [3.8, 4) is 11.5 Å². The van der Waals surface area contributed by atoms with Crippen molar-refractivity contribution in [2.45, 2.75) is 39.8 Å². The molecule has 7 nitrogen and oxygen atoms in total. The van der Waals surface area contributed by atoms with Gasteiger partial charge in [-0.25, -0.2) is 9.97 Å². The highest BCUT2D eigenvalue weighted by Crippen LogP contribution is 2.29. The Labute approximate surface area is 160 Å². The van der Waals surface area contributed by atoms with Crippen molar-refractivity contribution in [1.29, 1.82) is 0 Å². The van der Waals surface area contributed by atoms with Crippen LogP contribution in [0.1, 0.15) is 32.0 Å². The van der Waals surface area contributed by atoms with Crippen molar-refractivity contribution >= 4 is 11.7 Å². The quantitative estimate of drug-likeness (QED) is 0.890. The number of pyridine rings is 1. The third-order valence-electron chi connectivity index (χ3n) is 4.87. The van der Waals surface area contributed by atoms with E-state index in [1.807, 2.05) is 62.9 Å². The summed E-state index contributed by atoms with van der Waals surface area (Å²) in [7, 11) is 3.94. The first-order valence-electron chi connectivity index (χ1n) is 9.21. The predicted octanol–water partition coefficient (Wildman–Crippen LogP) is 1.86. The first-order chi connectivity index (χ1) is 12.7. The molecule has 2 N–H and O–H groups in total. The lowest BCUT2D eigenvalue weighted by Crippen LogP contribution is -2.51. The molecule has 1 aliphatic heterocycles. The Morgan fingerprint density at radius 2 is 2.00 bits per heavy atom. The molecule has 0 saturated carbocycles. The molecule has 3 rings (SSSR count). The summed E-state index contributed by atoms with van der Waals surface area (Å²) >= 11 is 0. The Morgan fingerprint density at radius 1 is 1.26 bits per heavy atom. The van der Waals surface area contributed by atoms with Crippen LogP contribution in [-0.2, 0) is 17.8 Å². The molecule has 0 fully saturated rings. The van der Waals surface area contributed by atoms with Crippen LogP contribution in [0, 0.1) is 5.41 Å². The lowest BCUT2D eigenvalue weighted by atomic mass is 9.86. The Balaban J connectivity index is 1.97. The summed E-state index contributed by atoms with van der Waals surface area (Å²) in [5, 5.41) is 0. The molecule has 2 aromatic rings. The maximum atomic E-state index is 12.9. The van der Waals surface area contributed by atoms with Crippen molar-refractivity contribution in [2.75, 3.05) is 25.5 Å². The number of rotatable bonds is 3. The van der Waals surface area contributed by atoms with Crippen molar-refractivity contribution < 1.29 is 4.79 Å². The first kappa shape index (κ1) is 19.2. The molecule has 27 heavy (non-hydrogen) atoms. The van der Waals surface area contributed by atoms with Gasteiger partial charge in [0.2, 0.25) is 5.91 Å². The van der Waals surface area contributed by atoms with E-state index < -0.39 is 6.04 Å². The average molecular weight is 368 g/mol. The van der Waals surface area contributed by atoms with Crippen LogP contribution >= 0.6 is 0 Å². The van der Waals surface area contributed by atoms with Crippen LogP contribution in [0.4, 0.5) is 5.82 Å². The smallest absolute Gasteiger partial charge is 0.240 e. The Morgan fingerprint density at radius 3 is 2.59 bits per heavy atom. The second kappa shape index (κ2) is 7.23. The SMILES string of the molecule is CN(C)c1nc(-c2ccccn2)nc2c1CCN(C(=O)[C@@H](N)C(C)(C)C)C2.